The molecule has 0 amide bonds. The Hall–Kier alpha value is -1.58. The van der Waals surface area contributed by atoms with Crippen LogP contribution in [0.4, 0.5) is 0 Å². The Morgan fingerprint density at radius 1 is 1.25 bits per heavy atom. The van der Waals surface area contributed by atoms with E-state index < -0.39 is 18.8 Å². The maximum Gasteiger partial charge on any atom is 0.446 e. The zero-order valence-electron chi connectivity index (χ0n) is 11.5. The highest BCUT2D eigenvalue weighted by Gasteiger charge is 2.43. The van der Waals surface area contributed by atoms with Crippen molar-refractivity contribution in [3.63, 3.8) is 0 Å². The number of carbonyl (C=O) groups excluding carboxylic acids is 1. The average molecular weight is 296 g/mol. The van der Waals surface area contributed by atoms with Gasteiger partial charge in [0.05, 0.1) is 0 Å². The fourth-order valence-corrected chi connectivity index (χ4v) is 2.74. The molecule has 0 radical (unpaired) electrons. The predicted octanol–water partition coefficient (Wildman–Crippen LogP) is 2.69. The molecule has 0 N–H and O–H groups in total. The average Bonchev–Trinajstić information content (AvgIpc) is 2.48. The van der Waals surface area contributed by atoms with E-state index in [0.29, 0.717) is 12.8 Å². The lowest BCUT2D eigenvalue weighted by Crippen LogP contribution is -2.17. The van der Waals surface area contributed by atoms with Crippen molar-refractivity contribution in [2.24, 2.45) is 0 Å². The van der Waals surface area contributed by atoms with Crippen LogP contribution in [-0.2, 0) is 24.8 Å². The molecule has 0 aliphatic rings. The van der Waals surface area contributed by atoms with Crippen molar-refractivity contribution in [1.82, 2.24) is 0 Å². The molecule has 0 aromatic heterocycles. The summed E-state index contributed by atoms with van der Waals surface area (Å²) in [5, 5.41) is 0. The molecule has 0 fully saturated rings. The summed E-state index contributed by atoms with van der Waals surface area (Å²) in [5.41, 5.74) is 9.39. The minimum absolute atomic E-state index is 0.102. The van der Waals surface area contributed by atoms with Gasteiger partial charge in [0.15, 0.2) is 0 Å². The molecule has 1 rings (SSSR count). The zero-order chi connectivity index (χ0) is 15.0. The van der Waals surface area contributed by atoms with E-state index >= 15 is 0 Å². The predicted molar refractivity (Wildman–Crippen MR) is 74.6 cm³/mol. The van der Waals surface area contributed by atoms with Crippen LogP contribution in [0.2, 0.25) is 0 Å². The number of ketones is 1. The molecule has 1 aromatic carbocycles. The summed E-state index contributed by atoms with van der Waals surface area (Å²) in [4.78, 5) is 14.7. The molecule has 0 atom stereocenters. The van der Waals surface area contributed by atoms with E-state index in [1.54, 1.807) is 0 Å². The summed E-state index contributed by atoms with van der Waals surface area (Å²) in [7, 11) is -1.55. The van der Waals surface area contributed by atoms with Gasteiger partial charge in [-0.05, 0) is 18.4 Å². The molecule has 0 heterocycles. The van der Waals surface area contributed by atoms with Crippen molar-refractivity contribution >= 4 is 18.8 Å². The molecule has 7 heteroatoms. The van der Waals surface area contributed by atoms with E-state index in [1.807, 2.05) is 30.3 Å². The third-order valence-electron chi connectivity index (χ3n) is 2.80. The Kier molecular flexibility index (Phi) is 6.49. The van der Waals surface area contributed by atoms with E-state index in [1.165, 1.54) is 0 Å². The second kappa shape index (κ2) is 7.88. The van der Waals surface area contributed by atoms with Gasteiger partial charge in [-0.2, -0.15) is 4.79 Å². The summed E-state index contributed by atoms with van der Waals surface area (Å²) in [5.74, 6) is -0.546. The highest BCUT2D eigenvalue weighted by atomic mass is 31.2. The fraction of sp³-hybridized carbons (Fsp3) is 0.385. The molecule has 0 spiro atoms. The Morgan fingerprint density at radius 3 is 2.35 bits per heavy atom. The monoisotopic (exact) mass is 296 g/mol. The second-order valence-electron chi connectivity index (χ2n) is 4.05. The third-order valence-corrected chi connectivity index (χ3v) is 4.62. The molecule has 108 valence electrons. The van der Waals surface area contributed by atoms with Gasteiger partial charge in [-0.3, -0.25) is 4.79 Å². The van der Waals surface area contributed by atoms with Crippen molar-refractivity contribution in [2.45, 2.75) is 19.3 Å². The molecule has 6 nitrogen and oxygen atoms in total. The molecule has 0 saturated heterocycles. The first kappa shape index (κ1) is 16.5. The molecule has 0 unspecified atom stereocenters. The Balaban J connectivity index is 2.62. The Morgan fingerprint density at radius 2 is 1.85 bits per heavy atom. The molecule has 0 bridgehead atoms. The number of carbonyl (C=O) groups is 1. The summed E-state index contributed by atoms with van der Waals surface area (Å²) in [6, 6.07) is 9.67. The van der Waals surface area contributed by atoms with Crippen LogP contribution in [0.25, 0.3) is 5.53 Å². The second-order valence-corrected chi connectivity index (χ2v) is 6.20. The van der Waals surface area contributed by atoms with E-state index in [4.69, 9.17) is 5.53 Å². The molecular formula is C13H17N2O4P. The number of Topliss-reactive ketones (excluding diaryl/α,β-unsaturated/α-hetero) is 1. The van der Waals surface area contributed by atoms with Gasteiger partial charge in [0.2, 0.25) is 0 Å². The molecule has 1 aromatic rings. The number of rotatable bonds is 8. The molecule has 0 aliphatic carbocycles. The minimum atomic E-state index is -3.81. The van der Waals surface area contributed by atoms with Gasteiger partial charge >= 0.3 is 13.0 Å². The van der Waals surface area contributed by atoms with Crippen molar-refractivity contribution in [3.05, 3.63) is 41.4 Å². The Labute approximate surface area is 117 Å². The highest BCUT2D eigenvalue weighted by Crippen LogP contribution is 2.47. The molecule has 0 aliphatic heterocycles. The van der Waals surface area contributed by atoms with Crippen LogP contribution < -0.4 is 0 Å². The first-order valence-electron chi connectivity index (χ1n) is 6.08. The van der Waals surface area contributed by atoms with Gasteiger partial charge < -0.3 is 14.6 Å². The number of nitrogens with zero attached hydrogens (tertiary/aromatic N) is 2. The summed E-state index contributed by atoms with van der Waals surface area (Å²) >= 11 is 0. The van der Waals surface area contributed by atoms with Crippen LogP contribution in [-0.4, -0.2) is 30.2 Å². The first-order valence-corrected chi connectivity index (χ1v) is 7.63. The van der Waals surface area contributed by atoms with Crippen LogP contribution in [0.3, 0.4) is 0 Å². The molecule has 0 saturated carbocycles. The highest BCUT2D eigenvalue weighted by molar-refractivity contribution is 7.74. The van der Waals surface area contributed by atoms with Gasteiger partial charge in [0, 0.05) is 20.6 Å². The van der Waals surface area contributed by atoms with Crippen LogP contribution in [0.1, 0.15) is 18.4 Å². The largest absolute Gasteiger partial charge is 0.446 e. The first-order chi connectivity index (χ1) is 9.57. The van der Waals surface area contributed by atoms with Crippen LogP contribution in [0.5, 0.6) is 0 Å². The van der Waals surface area contributed by atoms with Gasteiger partial charge in [0.1, 0.15) is 0 Å². The summed E-state index contributed by atoms with van der Waals surface area (Å²) in [6.45, 7) is 0. The van der Waals surface area contributed by atoms with E-state index in [2.05, 4.69) is 13.8 Å². The third kappa shape index (κ3) is 4.22. The summed E-state index contributed by atoms with van der Waals surface area (Å²) < 4.78 is 21.3. The zero-order valence-corrected chi connectivity index (χ0v) is 12.4. The van der Waals surface area contributed by atoms with Crippen molar-refractivity contribution < 1.29 is 23.2 Å². The van der Waals surface area contributed by atoms with Gasteiger partial charge in [-0.25, -0.2) is 4.57 Å². The van der Waals surface area contributed by atoms with Gasteiger partial charge in [0.25, 0.3) is 5.78 Å². The SMILES string of the molecule is COP(=O)(OC)C(=[N+]=[N-])C(=O)CCCc1ccccc1. The topological polar surface area (TPSA) is 89.0 Å². The number of benzene rings is 1. The van der Waals surface area contributed by atoms with Crippen LogP contribution in [0, 0.1) is 0 Å². The van der Waals surface area contributed by atoms with E-state index in [-0.39, 0.29) is 6.42 Å². The normalized spacial score (nSPS) is 10.9. The van der Waals surface area contributed by atoms with Crippen LogP contribution >= 0.6 is 7.60 Å². The van der Waals surface area contributed by atoms with Crippen molar-refractivity contribution in [2.75, 3.05) is 14.2 Å². The van der Waals surface area contributed by atoms with Gasteiger partial charge in [-0.1, -0.05) is 30.3 Å². The lowest BCUT2D eigenvalue weighted by molar-refractivity contribution is -0.116. The fourth-order valence-electron chi connectivity index (χ4n) is 1.72. The number of hydrogen-bond donors (Lipinski definition) is 0. The van der Waals surface area contributed by atoms with E-state index in [0.717, 1.165) is 19.8 Å². The number of hydrogen-bond acceptors (Lipinski definition) is 4. The summed E-state index contributed by atoms with van der Waals surface area (Å²) in [6.07, 6.45) is 1.36. The lowest BCUT2D eigenvalue weighted by atomic mass is 10.1. The smallest absolute Gasteiger partial charge is 0.360 e. The standard InChI is InChI=1S/C13H17N2O4P/c1-18-20(17,19-2)13(15-14)12(16)10-6-9-11-7-4-3-5-8-11/h3-5,7-8H,6,9-10H2,1-2H3. The van der Waals surface area contributed by atoms with Gasteiger partial charge in [-0.15, -0.1) is 0 Å². The molecular weight excluding hydrogens is 279 g/mol. The Bertz CT molecular complexity index is 545. The number of aryl methyl sites for hydroxylation is 1. The van der Waals surface area contributed by atoms with Crippen molar-refractivity contribution in [1.29, 1.82) is 0 Å². The van der Waals surface area contributed by atoms with Crippen LogP contribution in [0.15, 0.2) is 30.3 Å². The maximum atomic E-state index is 12.0. The maximum absolute atomic E-state index is 12.0. The molecule has 20 heavy (non-hydrogen) atoms. The lowest BCUT2D eigenvalue weighted by Gasteiger charge is -2.07. The van der Waals surface area contributed by atoms with Crippen molar-refractivity contribution in [3.8, 4) is 0 Å². The van der Waals surface area contributed by atoms with E-state index in [9.17, 15) is 9.36 Å². The minimum Gasteiger partial charge on any atom is -0.360 e. The quantitative estimate of drug-likeness (QED) is 0.319.